The van der Waals surface area contributed by atoms with Crippen LogP contribution < -0.4 is 10.6 Å². The Morgan fingerprint density at radius 2 is 2.23 bits per heavy atom. The lowest BCUT2D eigenvalue weighted by molar-refractivity contribution is 0.0801. The highest BCUT2D eigenvalue weighted by Crippen LogP contribution is 2.05. The zero-order valence-corrected chi connectivity index (χ0v) is 7.51. The van der Waals surface area contributed by atoms with Gasteiger partial charge in [-0.3, -0.25) is 0 Å². The van der Waals surface area contributed by atoms with Crippen LogP contribution in [-0.4, -0.2) is 31.8 Å². The van der Waals surface area contributed by atoms with Gasteiger partial charge in [-0.15, -0.1) is 6.42 Å². The molecule has 2 N–H and O–H groups in total. The first-order chi connectivity index (χ1) is 6.33. The fraction of sp³-hybridized carbons (Fsp3) is 0.667. The molecule has 1 saturated heterocycles. The topological polar surface area (TPSA) is 50.4 Å². The van der Waals surface area contributed by atoms with Gasteiger partial charge in [0.05, 0.1) is 6.54 Å². The van der Waals surface area contributed by atoms with Gasteiger partial charge < -0.3 is 15.4 Å². The summed E-state index contributed by atoms with van der Waals surface area (Å²) in [6.07, 6.45) is 6.75. The summed E-state index contributed by atoms with van der Waals surface area (Å²) in [5, 5.41) is 5.38. The summed E-state index contributed by atoms with van der Waals surface area (Å²) in [7, 11) is 0. The van der Waals surface area contributed by atoms with Gasteiger partial charge in [0.1, 0.15) is 0 Å². The average molecular weight is 182 g/mol. The zero-order chi connectivity index (χ0) is 9.52. The van der Waals surface area contributed by atoms with Gasteiger partial charge >= 0.3 is 6.03 Å². The maximum Gasteiger partial charge on any atom is 0.315 e. The summed E-state index contributed by atoms with van der Waals surface area (Å²) >= 11 is 0. The summed E-state index contributed by atoms with van der Waals surface area (Å²) < 4.78 is 5.16. The number of hydrogen-bond acceptors (Lipinski definition) is 2. The van der Waals surface area contributed by atoms with Gasteiger partial charge in [-0.1, -0.05) is 5.92 Å². The number of carbonyl (C=O) groups is 1. The van der Waals surface area contributed by atoms with E-state index >= 15 is 0 Å². The fourth-order valence-corrected chi connectivity index (χ4v) is 1.21. The Balaban J connectivity index is 2.15. The Kier molecular flexibility index (Phi) is 4.13. The second kappa shape index (κ2) is 5.44. The summed E-state index contributed by atoms with van der Waals surface area (Å²) in [5.41, 5.74) is 0. The quantitative estimate of drug-likeness (QED) is 0.595. The third kappa shape index (κ3) is 3.81. The first-order valence-electron chi connectivity index (χ1n) is 4.38. The molecule has 0 aromatic carbocycles. The van der Waals surface area contributed by atoms with Gasteiger partial charge in [0.15, 0.2) is 0 Å². The lowest BCUT2D eigenvalue weighted by Gasteiger charge is -2.22. The monoisotopic (exact) mass is 182 g/mol. The molecule has 1 heterocycles. The lowest BCUT2D eigenvalue weighted by atomic mass is 10.1. The fourth-order valence-electron chi connectivity index (χ4n) is 1.21. The van der Waals surface area contributed by atoms with Gasteiger partial charge in [0.25, 0.3) is 0 Å². The van der Waals surface area contributed by atoms with Gasteiger partial charge in [0, 0.05) is 19.3 Å². The number of carbonyl (C=O) groups excluding carboxylic acids is 1. The highest BCUT2D eigenvalue weighted by Gasteiger charge is 2.15. The highest BCUT2D eigenvalue weighted by atomic mass is 16.5. The molecular weight excluding hydrogens is 168 g/mol. The van der Waals surface area contributed by atoms with Gasteiger partial charge in [-0.2, -0.15) is 0 Å². The molecule has 0 atom stereocenters. The van der Waals surface area contributed by atoms with Crippen LogP contribution in [0.2, 0.25) is 0 Å². The maximum absolute atomic E-state index is 11.1. The molecule has 0 radical (unpaired) electrons. The molecule has 72 valence electrons. The first-order valence-corrected chi connectivity index (χ1v) is 4.38. The van der Waals surface area contributed by atoms with Crippen molar-refractivity contribution in [3.8, 4) is 12.3 Å². The molecule has 0 spiro atoms. The predicted molar refractivity (Wildman–Crippen MR) is 49.2 cm³/mol. The molecular formula is C9H14N2O2. The molecule has 2 amide bonds. The largest absolute Gasteiger partial charge is 0.381 e. The van der Waals surface area contributed by atoms with Crippen LogP contribution in [0.15, 0.2) is 0 Å². The molecule has 4 heteroatoms. The van der Waals surface area contributed by atoms with Crippen LogP contribution in [0.25, 0.3) is 0 Å². The second-order valence-electron chi connectivity index (χ2n) is 2.92. The highest BCUT2D eigenvalue weighted by molar-refractivity contribution is 5.74. The standard InChI is InChI=1S/C9H14N2O2/c1-2-5-10-9(12)11-8-3-6-13-7-4-8/h1,8H,3-7H2,(H2,10,11,12). The van der Waals surface area contributed by atoms with Gasteiger partial charge in [-0.05, 0) is 12.8 Å². The molecule has 0 unspecified atom stereocenters. The van der Waals surface area contributed by atoms with E-state index in [1.165, 1.54) is 0 Å². The molecule has 1 fully saturated rings. The number of nitrogens with one attached hydrogen (secondary N) is 2. The Bertz CT molecular complexity index is 204. The van der Waals surface area contributed by atoms with Crippen molar-refractivity contribution in [2.24, 2.45) is 0 Å². The Morgan fingerprint density at radius 1 is 1.54 bits per heavy atom. The molecule has 1 rings (SSSR count). The third-order valence-electron chi connectivity index (χ3n) is 1.91. The van der Waals surface area contributed by atoms with Gasteiger partial charge in [0.2, 0.25) is 0 Å². The van der Waals surface area contributed by atoms with E-state index in [1.54, 1.807) is 0 Å². The second-order valence-corrected chi connectivity index (χ2v) is 2.92. The van der Waals surface area contributed by atoms with E-state index in [1.807, 2.05) is 0 Å². The minimum Gasteiger partial charge on any atom is -0.381 e. The summed E-state index contributed by atoms with van der Waals surface area (Å²) in [6.45, 7) is 1.72. The summed E-state index contributed by atoms with van der Waals surface area (Å²) in [6, 6.07) is 0.0383. The Hall–Kier alpha value is -1.21. The van der Waals surface area contributed by atoms with E-state index in [4.69, 9.17) is 11.2 Å². The molecule has 0 aliphatic carbocycles. The number of amides is 2. The van der Waals surface area contributed by atoms with Crippen LogP contribution in [0.1, 0.15) is 12.8 Å². The predicted octanol–water partition coefficient (Wildman–Crippen LogP) is 0.0978. The van der Waals surface area contributed by atoms with Crippen LogP contribution >= 0.6 is 0 Å². The minimum absolute atomic E-state index is 0.190. The Morgan fingerprint density at radius 3 is 2.85 bits per heavy atom. The molecule has 0 saturated carbocycles. The smallest absolute Gasteiger partial charge is 0.315 e. The van der Waals surface area contributed by atoms with Crippen molar-refractivity contribution in [2.75, 3.05) is 19.8 Å². The van der Waals surface area contributed by atoms with Crippen LogP contribution in [-0.2, 0) is 4.74 Å². The van der Waals surface area contributed by atoms with Crippen LogP contribution in [0, 0.1) is 12.3 Å². The molecule has 1 aliphatic heterocycles. The lowest BCUT2D eigenvalue weighted by Crippen LogP contribution is -2.44. The minimum atomic E-state index is -0.190. The van der Waals surface area contributed by atoms with Crippen molar-refractivity contribution in [3.05, 3.63) is 0 Å². The van der Waals surface area contributed by atoms with E-state index in [-0.39, 0.29) is 18.6 Å². The van der Waals surface area contributed by atoms with Crippen molar-refractivity contribution in [1.29, 1.82) is 0 Å². The number of ether oxygens (including phenoxy) is 1. The number of urea groups is 1. The van der Waals surface area contributed by atoms with E-state index in [0.29, 0.717) is 0 Å². The summed E-state index contributed by atoms with van der Waals surface area (Å²) in [5.74, 6) is 2.34. The molecule has 0 aromatic heterocycles. The third-order valence-corrected chi connectivity index (χ3v) is 1.91. The first kappa shape index (κ1) is 9.87. The SMILES string of the molecule is C#CCNC(=O)NC1CCOCC1. The number of terminal acetylenes is 1. The normalized spacial score (nSPS) is 17.5. The molecule has 0 aromatic rings. The van der Waals surface area contributed by atoms with Crippen molar-refractivity contribution < 1.29 is 9.53 Å². The number of rotatable bonds is 2. The van der Waals surface area contributed by atoms with Crippen LogP contribution in [0.5, 0.6) is 0 Å². The van der Waals surface area contributed by atoms with E-state index in [9.17, 15) is 4.79 Å². The molecule has 4 nitrogen and oxygen atoms in total. The molecule has 13 heavy (non-hydrogen) atoms. The zero-order valence-electron chi connectivity index (χ0n) is 7.51. The molecule has 0 bridgehead atoms. The van der Waals surface area contributed by atoms with Gasteiger partial charge in [-0.25, -0.2) is 4.79 Å². The average Bonchev–Trinajstić information content (AvgIpc) is 2.16. The van der Waals surface area contributed by atoms with Crippen LogP contribution in [0.3, 0.4) is 0 Å². The van der Waals surface area contributed by atoms with E-state index < -0.39 is 0 Å². The van der Waals surface area contributed by atoms with Crippen molar-refractivity contribution in [1.82, 2.24) is 10.6 Å². The van der Waals surface area contributed by atoms with Crippen molar-refractivity contribution in [3.63, 3.8) is 0 Å². The maximum atomic E-state index is 11.1. The summed E-state index contributed by atoms with van der Waals surface area (Å²) in [4.78, 5) is 11.1. The molecule has 1 aliphatic rings. The van der Waals surface area contributed by atoms with Crippen molar-refractivity contribution in [2.45, 2.75) is 18.9 Å². The van der Waals surface area contributed by atoms with Crippen molar-refractivity contribution >= 4 is 6.03 Å². The van der Waals surface area contributed by atoms with E-state index in [0.717, 1.165) is 26.1 Å². The van der Waals surface area contributed by atoms with Crippen LogP contribution in [0.4, 0.5) is 4.79 Å². The Labute approximate surface area is 78.0 Å². The number of hydrogen-bond donors (Lipinski definition) is 2. The van der Waals surface area contributed by atoms with E-state index in [2.05, 4.69) is 16.6 Å².